The van der Waals surface area contributed by atoms with Gasteiger partial charge < -0.3 is 4.74 Å². The lowest BCUT2D eigenvalue weighted by Crippen LogP contribution is -2.53. The topological polar surface area (TPSA) is 80.8 Å². The van der Waals surface area contributed by atoms with Crippen LogP contribution in [-0.2, 0) is 23.9 Å². The summed E-state index contributed by atoms with van der Waals surface area (Å²) in [4.78, 5) is 48.2. The number of hydrogen-bond acceptors (Lipinski definition) is 5. The molecule has 0 saturated carbocycles. The summed E-state index contributed by atoms with van der Waals surface area (Å²) in [7, 11) is 0. The van der Waals surface area contributed by atoms with Crippen molar-refractivity contribution in [1.29, 1.82) is 0 Å². The number of cyclic esters (lactones) is 2. The molecule has 19 heavy (non-hydrogen) atoms. The first kappa shape index (κ1) is 13.7. The Hall–Kier alpha value is -1.72. The van der Waals surface area contributed by atoms with Crippen LogP contribution in [0, 0.1) is 11.8 Å². The Bertz CT molecular complexity index is 468. The molecule has 0 spiro atoms. The van der Waals surface area contributed by atoms with Crippen LogP contribution >= 0.6 is 0 Å². The summed E-state index contributed by atoms with van der Waals surface area (Å²) >= 11 is 0. The zero-order valence-electron chi connectivity index (χ0n) is 11.3. The lowest BCUT2D eigenvalue weighted by Gasteiger charge is -2.36. The van der Waals surface area contributed by atoms with Crippen LogP contribution in [0.4, 0.5) is 0 Å². The van der Waals surface area contributed by atoms with Crippen molar-refractivity contribution in [3.8, 4) is 0 Å². The predicted octanol–water partition coefficient (Wildman–Crippen LogP) is 0.640. The number of rotatable bonds is 3. The highest BCUT2D eigenvalue weighted by molar-refractivity contribution is 6.05. The number of carbonyl (C=O) groups is 4. The highest BCUT2D eigenvalue weighted by Crippen LogP contribution is 2.37. The van der Waals surface area contributed by atoms with Crippen LogP contribution in [0.25, 0.3) is 0 Å². The molecule has 0 bridgehead atoms. The van der Waals surface area contributed by atoms with E-state index in [0.717, 1.165) is 4.90 Å². The molecule has 2 atom stereocenters. The Balaban J connectivity index is 2.29. The van der Waals surface area contributed by atoms with E-state index in [1.165, 1.54) is 0 Å². The maximum absolute atomic E-state index is 12.2. The molecule has 0 N–H and O–H groups in total. The minimum atomic E-state index is -1.03. The minimum absolute atomic E-state index is 0.0836. The van der Waals surface area contributed by atoms with Crippen molar-refractivity contribution in [2.24, 2.45) is 11.8 Å². The predicted molar refractivity (Wildman–Crippen MR) is 63.5 cm³/mol. The Labute approximate surface area is 111 Å². The summed E-state index contributed by atoms with van der Waals surface area (Å²) in [5, 5.41) is 0. The first-order valence-corrected chi connectivity index (χ1v) is 6.40. The van der Waals surface area contributed by atoms with Gasteiger partial charge in [0.2, 0.25) is 11.8 Å². The fourth-order valence-corrected chi connectivity index (χ4v) is 2.79. The van der Waals surface area contributed by atoms with Crippen molar-refractivity contribution in [2.75, 3.05) is 0 Å². The first-order valence-electron chi connectivity index (χ1n) is 6.40. The van der Waals surface area contributed by atoms with Crippen LogP contribution in [0.3, 0.4) is 0 Å². The van der Waals surface area contributed by atoms with Gasteiger partial charge in [0.15, 0.2) is 0 Å². The molecule has 0 radical (unpaired) electrons. The molecule has 6 heteroatoms. The number of imide groups is 1. The first-order chi connectivity index (χ1) is 8.78. The van der Waals surface area contributed by atoms with Gasteiger partial charge in [-0.2, -0.15) is 0 Å². The molecule has 0 aromatic rings. The van der Waals surface area contributed by atoms with Crippen LogP contribution in [0.15, 0.2) is 0 Å². The van der Waals surface area contributed by atoms with Crippen LogP contribution in [0.1, 0.15) is 40.0 Å². The smallest absolute Gasteiger partial charge is 0.319 e. The number of amides is 2. The summed E-state index contributed by atoms with van der Waals surface area (Å²) in [6.07, 6.45) is 0.680. The second kappa shape index (κ2) is 4.43. The third-order valence-corrected chi connectivity index (χ3v) is 4.03. The van der Waals surface area contributed by atoms with Gasteiger partial charge in [0.25, 0.3) is 0 Å². The van der Waals surface area contributed by atoms with Gasteiger partial charge in [-0.15, -0.1) is 0 Å². The Morgan fingerprint density at radius 1 is 1.21 bits per heavy atom. The maximum atomic E-state index is 12.2. The number of ether oxygens (including phenoxy) is 1. The van der Waals surface area contributed by atoms with Crippen molar-refractivity contribution in [3.05, 3.63) is 0 Å². The van der Waals surface area contributed by atoms with E-state index in [9.17, 15) is 19.2 Å². The molecule has 2 aliphatic rings. The van der Waals surface area contributed by atoms with Gasteiger partial charge in [-0.05, 0) is 20.3 Å². The standard InChI is InChI=1S/C13H17NO5/c1-4-7-5-9(15)14(11(7)17)13(2,3)8-6-10(16)19-12(8)18/h7-8H,4-6H2,1-3H3. The Kier molecular flexibility index (Phi) is 3.20. The highest BCUT2D eigenvalue weighted by atomic mass is 16.6. The average Bonchev–Trinajstić information content (AvgIpc) is 2.79. The van der Waals surface area contributed by atoms with Crippen molar-refractivity contribution >= 4 is 23.8 Å². The van der Waals surface area contributed by atoms with E-state index in [4.69, 9.17) is 0 Å². The summed E-state index contributed by atoms with van der Waals surface area (Å²) in [6.45, 7) is 5.11. The molecule has 0 aromatic carbocycles. The SMILES string of the molecule is CCC1CC(=O)N(C(C)(C)C2CC(=O)OC2=O)C1=O. The van der Waals surface area contributed by atoms with Crippen molar-refractivity contribution in [3.63, 3.8) is 0 Å². The summed E-state index contributed by atoms with van der Waals surface area (Å²) in [5.74, 6) is -2.90. The molecule has 2 aliphatic heterocycles. The monoisotopic (exact) mass is 267 g/mol. The normalized spacial score (nSPS) is 28.3. The molecule has 0 aliphatic carbocycles. The lowest BCUT2D eigenvalue weighted by atomic mass is 9.84. The van der Waals surface area contributed by atoms with Gasteiger partial charge in [0.1, 0.15) is 0 Å². The van der Waals surface area contributed by atoms with Gasteiger partial charge in [-0.1, -0.05) is 6.92 Å². The van der Waals surface area contributed by atoms with Crippen molar-refractivity contribution in [1.82, 2.24) is 4.90 Å². The largest absolute Gasteiger partial charge is 0.393 e. The van der Waals surface area contributed by atoms with E-state index in [2.05, 4.69) is 4.74 Å². The third kappa shape index (κ3) is 2.05. The fourth-order valence-electron chi connectivity index (χ4n) is 2.79. The third-order valence-electron chi connectivity index (χ3n) is 4.03. The zero-order chi connectivity index (χ0) is 14.4. The second-order valence-electron chi connectivity index (χ2n) is 5.58. The molecular weight excluding hydrogens is 250 g/mol. The van der Waals surface area contributed by atoms with E-state index in [0.29, 0.717) is 6.42 Å². The molecule has 104 valence electrons. The number of likely N-dealkylation sites (tertiary alicyclic amines) is 1. The van der Waals surface area contributed by atoms with E-state index < -0.39 is 23.4 Å². The molecule has 2 saturated heterocycles. The van der Waals surface area contributed by atoms with Crippen LogP contribution in [-0.4, -0.2) is 34.2 Å². The van der Waals surface area contributed by atoms with Gasteiger partial charge in [-0.3, -0.25) is 24.1 Å². The Morgan fingerprint density at radius 2 is 1.84 bits per heavy atom. The van der Waals surface area contributed by atoms with Gasteiger partial charge in [-0.25, -0.2) is 0 Å². The number of carbonyl (C=O) groups excluding carboxylic acids is 4. The molecular formula is C13H17NO5. The fraction of sp³-hybridized carbons (Fsp3) is 0.692. The lowest BCUT2D eigenvalue weighted by molar-refractivity contribution is -0.155. The Morgan fingerprint density at radius 3 is 2.26 bits per heavy atom. The highest BCUT2D eigenvalue weighted by Gasteiger charge is 2.53. The van der Waals surface area contributed by atoms with Crippen molar-refractivity contribution < 1.29 is 23.9 Å². The second-order valence-corrected chi connectivity index (χ2v) is 5.58. The molecule has 2 unspecified atom stereocenters. The van der Waals surface area contributed by atoms with Gasteiger partial charge in [0.05, 0.1) is 17.9 Å². The summed E-state index contributed by atoms with van der Waals surface area (Å²) in [5.41, 5.74) is -1.03. The molecule has 2 rings (SSSR count). The van der Waals surface area contributed by atoms with Crippen LogP contribution in [0.5, 0.6) is 0 Å². The van der Waals surface area contributed by atoms with Crippen LogP contribution in [0.2, 0.25) is 0 Å². The van der Waals surface area contributed by atoms with E-state index >= 15 is 0 Å². The van der Waals surface area contributed by atoms with E-state index in [1.54, 1.807) is 13.8 Å². The maximum Gasteiger partial charge on any atom is 0.319 e. The number of hydrogen-bond donors (Lipinski definition) is 0. The van der Waals surface area contributed by atoms with Crippen molar-refractivity contribution in [2.45, 2.75) is 45.6 Å². The summed E-state index contributed by atoms with van der Waals surface area (Å²) < 4.78 is 4.52. The van der Waals surface area contributed by atoms with E-state index in [-0.39, 0.29) is 30.6 Å². The number of esters is 2. The number of nitrogens with zero attached hydrogens (tertiary/aromatic N) is 1. The molecule has 2 fully saturated rings. The zero-order valence-corrected chi connectivity index (χ0v) is 11.3. The quantitative estimate of drug-likeness (QED) is 0.426. The molecule has 2 amide bonds. The average molecular weight is 267 g/mol. The summed E-state index contributed by atoms with van der Waals surface area (Å²) in [6, 6.07) is 0. The molecule has 6 nitrogen and oxygen atoms in total. The molecule has 0 aromatic heterocycles. The van der Waals surface area contributed by atoms with Gasteiger partial charge >= 0.3 is 11.9 Å². The van der Waals surface area contributed by atoms with Gasteiger partial charge in [0, 0.05) is 12.3 Å². The van der Waals surface area contributed by atoms with Crippen LogP contribution < -0.4 is 0 Å². The molecule has 2 heterocycles. The minimum Gasteiger partial charge on any atom is -0.393 e. The van der Waals surface area contributed by atoms with E-state index in [1.807, 2.05) is 6.92 Å².